The Morgan fingerprint density at radius 2 is 1.96 bits per heavy atom. The first-order chi connectivity index (χ1) is 12.3. The Labute approximate surface area is 153 Å². The highest BCUT2D eigenvalue weighted by Gasteiger charge is 2.17. The zero-order chi connectivity index (χ0) is 18.9. The number of nitrogens with two attached hydrogens (primary N) is 1. The zero-order valence-electron chi connectivity index (χ0n) is 13.6. The third-order valence-electron chi connectivity index (χ3n) is 3.65. The number of halogens is 1. The summed E-state index contributed by atoms with van der Waals surface area (Å²) in [5, 5.41) is 9.63. The lowest BCUT2D eigenvalue weighted by Crippen LogP contribution is -2.16. The molecule has 9 heteroatoms. The Morgan fingerprint density at radius 1 is 1.23 bits per heavy atom. The number of aryl methyl sites for hydroxylation is 1. The van der Waals surface area contributed by atoms with E-state index in [1.54, 1.807) is 0 Å². The number of carbonyl (C=O) groups is 1. The lowest BCUT2D eigenvalue weighted by Gasteiger charge is -2.05. The molecule has 6 nitrogen and oxygen atoms in total. The van der Waals surface area contributed by atoms with Gasteiger partial charge in [0.15, 0.2) is 5.13 Å². The van der Waals surface area contributed by atoms with Crippen LogP contribution in [0.3, 0.4) is 0 Å². The molecule has 26 heavy (non-hydrogen) atoms. The largest absolute Gasteiger partial charge is 0.298 e. The van der Waals surface area contributed by atoms with Gasteiger partial charge in [-0.05, 0) is 30.7 Å². The fourth-order valence-electron chi connectivity index (χ4n) is 2.36. The van der Waals surface area contributed by atoms with E-state index in [2.05, 4.69) is 10.3 Å². The third-order valence-corrected chi connectivity index (χ3v) is 5.35. The van der Waals surface area contributed by atoms with Gasteiger partial charge in [0.05, 0.1) is 5.69 Å². The van der Waals surface area contributed by atoms with Crippen LogP contribution >= 0.6 is 11.3 Å². The number of amides is 1. The van der Waals surface area contributed by atoms with Gasteiger partial charge in [-0.25, -0.2) is 22.9 Å². The number of primary sulfonamides is 1. The Balaban J connectivity index is 1.81. The molecule has 1 amide bonds. The molecule has 0 aliphatic rings. The average molecular weight is 391 g/mol. The summed E-state index contributed by atoms with van der Waals surface area (Å²) in [7, 11) is -4.18. The molecule has 2 aromatic carbocycles. The van der Waals surface area contributed by atoms with Gasteiger partial charge in [0.2, 0.25) is 10.0 Å². The lowest BCUT2D eigenvalue weighted by atomic mass is 10.1. The number of anilines is 1. The van der Waals surface area contributed by atoms with Crippen LogP contribution in [-0.2, 0) is 10.0 Å². The van der Waals surface area contributed by atoms with Crippen molar-refractivity contribution in [3.63, 3.8) is 0 Å². The smallest absolute Gasteiger partial charge is 0.257 e. The molecule has 0 bridgehead atoms. The second kappa shape index (κ2) is 6.94. The van der Waals surface area contributed by atoms with Crippen molar-refractivity contribution in [2.45, 2.75) is 11.8 Å². The fourth-order valence-corrected chi connectivity index (χ4v) is 3.65. The van der Waals surface area contributed by atoms with Gasteiger partial charge in [-0.3, -0.25) is 10.1 Å². The maximum atomic E-state index is 13.9. The summed E-state index contributed by atoms with van der Waals surface area (Å²) >= 11 is 1.23. The number of thiazole rings is 1. The highest BCUT2D eigenvalue weighted by molar-refractivity contribution is 7.89. The quantitative estimate of drug-likeness (QED) is 0.713. The van der Waals surface area contributed by atoms with Crippen molar-refractivity contribution in [1.82, 2.24) is 4.98 Å². The molecule has 0 unspecified atom stereocenters. The number of hydrogen-bond acceptors (Lipinski definition) is 5. The van der Waals surface area contributed by atoms with Gasteiger partial charge in [-0.2, -0.15) is 0 Å². The van der Waals surface area contributed by atoms with E-state index < -0.39 is 26.6 Å². The summed E-state index contributed by atoms with van der Waals surface area (Å²) < 4.78 is 36.3. The predicted molar refractivity (Wildman–Crippen MR) is 98.0 cm³/mol. The second-order valence-corrected chi connectivity index (χ2v) is 7.89. The van der Waals surface area contributed by atoms with Crippen molar-refractivity contribution < 1.29 is 17.6 Å². The topological polar surface area (TPSA) is 102 Å². The van der Waals surface area contributed by atoms with Crippen LogP contribution in [0.1, 0.15) is 15.9 Å². The summed E-state index contributed by atoms with van der Waals surface area (Å²) in [5.74, 6) is -1.68. The van der Waals surface area contributed by atoms with Gasteiger partial charge in [0, 0.05) is 16.5 Å². The van der Waals surface area contributed by atoms with Gasteiger partial charge >= 0.3 is 0 Å². The van der Waals surface area contributed by atoms with E-state index in [1.807, 2.05) is 36.6 Å². The van der Waals surface area contributed by atoms with Crippen LogP contribution in [0.5, 0.6) is 0 Å². The van der Waals surface area contributed by atoms with Crippen molar-refractivity contribution in [2.24, 2.45) is 5.14 Å². The van der Waals surface area contributed by atoms with Gasteiger partial charge in [-0.15, -0.1) is 11.3 Å². The molecule has 0 aliphatic carbocycles. The molecule has 0 spiro atoms. The minimum atomic E-state index is -4.18. The summed E-state index contributed by atoms with van der Waals surface area (Å²) in [6.07, 6.45) is 0. The Hall–Kier alpha value is -2.62. The Kier molecular flexibility index (Phi) is 4.86. The maximum absolute atomic E-state index is 13.9. The molecule has 0 saturated heterocycles. The predicted octanol–water partition coefficient (Wildman–Crippen LogP) is 3.16. The Morgan fingerprint density at radius 3 is 2.62 bits per heavy atom. The minimum absolute atomic E-state index is 0.0393. The molecule has 3 aromatic rings. The van der Waals surface area contributed by atoms with Crippen molar-refractivity contribution in [2.75, 3.05) is 5.32 Å². The molecular formula is C17H14FN3O3S2. The molecule has 0 aliphatic heterocycles. The highest BCUT2D eigenvalue weighted by atomic mass is 32.2. The van der Waals surface area contributed by atoms with Gasteiger partial charge in [0.1, 0.15) is 10.7 Å². The van der Waals surface area contributed by atoms with Crippen LogP contribution in [0.4, 0.5) is 9.52 Å². The molecule has 0 radical (unpaired) electrons. The molecular weight excluding hydrogens is 377 g/mol. The number of benzene rings is 2. The summed E-state index contributed by atoms with van der Waals surface area (Å²) in [6, 6.07) is 10.7. The van der Waals surface area contributed by atoms with Crippen molar-refractivity contribution in [3.05, 3.63) is 64.8 Å². The number of carbonyl (C=O) groups excluding carboxylic acids is 1. The van der Waals surface area contributed by atoms with Crippen LogP contribution in [-0.4, -0.2) is 19.3 Å². The summed E-state index contributed by atoms with van der Waals surface area (Å²) in [6.45, 7) is 1.96. The molecule has 3 rings (SSSR count). The summed E-state index contributed by atoms with van der Waals surface area (Å²) in [4.78, 5) is 15.9. The molecule has 0 saturated carbocycles. The Bertz CT molecular complexity index is 1090. The first-order valence-corrected chi connectivity index (χ1v) is 9.83. The molecule has 0 fully saturated rings. The first-order valence-electron chi connectivity index (χ1n) is 7.41. The van der Waals surface area contributed by atoms with Crippen LogP contribution in [0, 0.1) is 12.7 Å². The third kappa shape index (κ3) is 3.79. The molecule has 3 N–H and O–H groups in total. The summed E-state index contributed by atoms with van der Waals surface area (Å²) in [5.41, 5.74) is 2.69. The number of sulfonamides is 1. The van der Waals surface area contributed by atoms with Crippen molar-refractivity contribution >= 4 is 32.4 Å². The first kappa shape index (κ1) is 18.2. The zero-order valence-corrected chi connectivity index (χ0v) is 15.2. The molecule has 0 atom stereocenters. The van der Waals surface area contributed by atoms with E-state index in [-0.39, 0.29) is 5.56 Å². The van der Waals surface area contributed by atoms with E-state index in [1.165, 1.54) is 17.4 Å². The molecule has 1 aromatic heterocycles. The number of rotatable bonds is 4. The van der Waals surface area contributed by atoms with E-state index in [0.717, 1.165) is 29.0 Å². The van der Waals surface area contributed by atoms with Crippen LogP contribution < -0.4 is 10.5 Å². The van der Waals surface area contributed by atoms with Crippen molar-refractivity contribution in [1.29, 1.82) is 0 Å². The number of nitrogens with zero attached hydrogens (tertiary/aromatic N) is 1. The SMILES string of the molecule is Cc1ccccc1-c1csc(NC(=O)c2ccc(S(N)(=O)=O)c(F)c2)n1. The van der Waals surface area contributed by atoms with E-state index in [0.29, 0.717) is 5.13 Å². The fraction of sp³-hybridized carbons (Fsp3) is 0.0588. The van der Waals surface area contributed by atoms with E-state index in [4.69, 9.17) is 5.14 Å². The second-order valence-electron chi connectivity index (χ2n) is 5.50. The van der Waals surface area contributed by atoms with Gasteiger partial charge in [0.25, 0.3) is 5.91 Å². The molecule has 134 valence electrons. The average Bonchev–Trinajstić information content (AvgIpc) is 3.02. The van der Waals surface area contributed by atoms with Crippen LogP contribution in [0.2, 0.25) is 0 Å². The van der Waals surface area contributed by atoms with Gasteiger partial charge in [-0.1, -0.05) is 24.3 Å². The highest BCUT2D eigenvalue weighted by Crippen LogP contribution is 2.27. The normalized spacial score (nSPS) is 11.3. The molecule has 1 heterocycles. The van der Waals surface area contributed by atoms with E-state index >= 15 is 0 Å². The maximum Gasteiger partial charge on any atom is 0.257 e. The van der Waals surface area contributed by atoms with Crippen LogP contribution in [0.25, 0.3) is 11.3 Å². The van der Waals surface area contributed by atoms with Crippen molar-refractivity contribution in [3.8, 4) is 11.3 Å². The number of nitrogens with one attached hydrogen (secondary N) is 1. The van der Waals surface area contributed by atoms with Crippen LogP contribution in [0.15, 0.2) is 52.7 Å². The minimum Gasteiger partial charge on any atom is -0.298 e. The van der Waals surface area contributed by atoms with Gasteiger partial charge < -0.3 is 0 Å². The standard InChI is InChI=1S/C17H14FN3O3S2/c1-10-4-2-3-5-12(10)14-9-25-17(20-14)21-16(22)11-6-7-15(13(18)8-11)26(19,23)24/h2-9H,1H3,(H2,19,23,24)(H,20,21,22). The van der Waals surface area contributed by atoms with E-state index in [9.17, 15) is 17.6 Å². The number of aromatic nitrogens is 1. The lowest BCUT2D eigenvalue weighted by molar-refractivity contribution is 0.102. The monoisotopic (exact) mass is 391 g/mol. The number of hydrogen-bond donors (Lipinski definition) is 2.